The highest BCUT2D eigenvalue weighted by molar-refractivity contribution is 7.74. The van der Waals surface area contributed by atoms with Crippen LogP contribution in [0.5, 0.6) is 0 Å². The highest BCUT2D eigenvalue weighted by Gasteiger charge is 2.50. The Bertz CT molecular complexity index is 358. The molecule has 0 aliphatic carbocycles. The second kappa shape index (κ2) is 4.71. The van der Waals surface area contributed by atoms with Crippen LogP contribution in [-0.4, -0.2) is 32.3 Å². The van der Waals surface area contributed by atoms with Gasteiger partial charge in [0.05, 0.1) is 0 Å². The second-order valence-corrected chi connectivity index (χ2v) is 7.77. The van der Waals surface area contributed by atoms with Crippen LogP contribution in [0.4, 0.5) is 4.39 Å². The van der Waals surface area contributed by atoms with Gasteiger partial charge in [-0.3, -0.25) is 13.7 Å². The van der Waals surface area contributed by atoms with Gasteiger partial charge in [-0.2, -0.15) is 0 Å². The minimum atomic E-state index is -5.61. The first-order chi connectivity index (χ1) is 6.42. The summed E-state index contributed by atoms with van der Waals surface area (Å²) in [5.74, 6) is 0. The van der Waals surface area contributed by atoms with Crippen LogP contribution >= 0.6 is 23.0 Å². The van der Waals surface area contributed by atoms with Gasteiger partial charge in [-0.15, -0.1) is 0 Å². The molecule has 0 saturated carbocycles. The molecule has 15 heavy (non-hydrogen) atoms. The van der Waals surface area contributed by atoms with E-state index in [9.17, 15) is 18.1 Å². The molecule has 0 radical (unpaired) electrons. The molecule has 9 nitrogen and oxygen atoms in total. The first kappa shape index (κ1) is 15.4. The third-order valence-electron chi connectivity index (χ3n) is 0.998. The molecule has 0 aromatic heterocycles. The van der Waals surface area contributed by atoms with E-state index in [1.807, 2.05) is 0 Å². The van der Waals surface area contributed by atoms with Crippen LogP contribution in [-0.2, 0) is 22.5 Å². The molecule has 0 spiro atoms. The molecule has 0 amide bonds. The molecule has 4 N–H and O–H groups in total. The van der Waals surface area contributed by atoms with Crippen LogP contribution in [0, 0.1) is 0 Å². The molecular weight excluding hydrogens is 280 g/mol. The number of hydrogen-bond acceptors (Lipinski definition) is 5. The summed E-state index contributed by atoms with van der Waals surface area (Å²) in [6, 6.07) is 0. The number of alkyl halides is 1. The second-order valence-electron chi connectivity index (χ2n) is 2.20. The normalized spacial score (nSPS) is 22.8. The third-order valence-corrected chi connectivity index (χ3v) is 6.09. The lowest BCUT2D eigenvalue weighted by atomic mass is 11.8. The van der Waals surface area contributed by atoms with Gasteiger partial charge in [-0.1, -0.05) is 0 Å². The van der Waals surface area contributed by atoms with Gasteiger partial charge in [0.1, 0.15) is 0 Å². The third kappa shape index (κ3) is 4.82. The summed E-state index contributed by atoms with van der Waals surface area (Å²) >= 11 is 0. The van der Waals surface area contributed by atoms with E-state index in [1.54, 1.807) is 0 Å². The zero-order valence-electron chi connectivity index (χ0n) is 7.13. The van der Waals surface area contributed by atoms with Gasteiger partial charge in [0, 0.05) is 7.11 Å². The fraction of sp³-hybridized carbons (Fsp3) is 1.00. The summed E-state index contributed by atoms with van der Waals surface area (Å²) in [4.78, 5) is 33.6. The molecule has 0 aliphatic heterocycles. The molecule has 0 aliphatic rings. The van der Waals surface area contributed by atoms with E-state index < -0.39 is 28.7 Å². The number of phosphoric acid groups is 1. The quantitative estimate of drug-likeness (QED) is 0.525. The Morgan fingerprint density at radius 1 is 1.13 bits per heavy atom. The fourth-order valence-corrected chi connectivity index (χ4v) is 4.07. The minimum absolute atomic E-state index is 0.617. The van der Waals surface area contributed by atoms with Crippen LogP contribution in [0.15, 0.2) is 0 Å². The van der Waals surface area contributed by atoms with Crippen LogP contribution in [0.1, 0.15) is 0 Å². The van der Waals surface area contributed by atoms with Crippen molar-refractivity contribution in [3.63, 3.8) is 0 Å². The lowest BCUT2D eigenvalue weighted by molar-refractivity contribution is 0.220. The summed E-state index contributed by atoms with van der Waals surface area (Å²) in [5.41, 5.74) is -3.61. The Morgan fingerprint density at radius 2 is 1.53 bits per heavy atom. The SMILES string of the molecule is COP(=O)(O)OP(=O)(O)C(F)P(=O)(O)O. The van der Waals surface area contributed by atoms with Crippen LogP contribution in [0.25, 0.3) is 0 Å². The van der Waals surface area contributed by atoms with Gasteiger partial charge in [-0.05, 0) is 0 Å². The van der Waals surface area contributed by atoms with Crippen molar-refractivity contribution < 1.29 is 46.5 Å². The number of phosphoric ester groups is 1. The van der Waals surface area contributed by atoms with E-state index in [4.69, 9.17) is 19.6 Å². The van der Waals surface area contributed by atoms with E-state index in [0.717, 1.165) is 0 Å². The predicted octanol–water partition coefficient (Wildman–Crippen LogP) is 0.366. The van der Waals surface area contributed by atoms with Crippen LogP contribution in [0.3, 0.4) is 0 Å². The Morgan fingerprint density at radius 3 is 1.80 bits per heavy atom. The molecule has 3 atom stereocenters. The van der Waals surface area contributed by atoms with Gasteiger partial charge < -0.3 is 19.6 Å². The van der Waals surface area contributed by atoms with Crippen molar-refractivity contribution in [2.24, 2.45) is 0 Å². The number of rotatable bonds is 5. The van der Waals surface area contributed by atoms with Crippen molar-refractivity contribution in [1.82, 2.24) is 0 Å². The van der Waals surface area contributed by atoms with Crippen molar-refractivity contribution in [2.75, 3.05) is 7.11 Å². The van der Waals surface area contributed by atoms with Gasteiger partial charge in [0.15, 0.2) is 0 Å². The Balaban J connectivity index is 4.95. The first-order valence-corrected chi connectivity index (χ1v) is 7.86. The molecule has 0 fully saturated rings. The highest BCUT2D eigenvalue weighted by Crippen LogP contribution is 2.69. The number of hydrogen-bond donors (Lipinski definition) is 4. The summed E-state index contributed by atoms with van der Waals surface area (Å²) in [5, 5.41) is 0. The topological polar surface area (TPSA) is 151 Å². The molecule has 0 aromatic carbocycles. The fourth-order valence-electron chi connectivity index (χ4n) is 0.410. The Labute approximate surface area is 83.1 Å². The van der Waals surface area contributed by atoms with E-state index >= 15 is 0 Å². The standard InChI is InChI=1S/C2H8FO9P3/c1-11-15(9,10)12-14(7,8)2(3)13(4,5)6/h2H,1H3,(H,7,8)(H,9,10)(H2,4,5,6). The highest BCUT2D eigenvalue weighted by atomic mass is 31.3. The van der Waals surface area contributed by atoms with Crippen LogP contribution in [0.2, 0.25) is 0 Å². The average Bonchev–Trinajstić information content (AvgIpc) is 1.99. The van der Waals surface area contributed by atoms with E-state index in [2.05, 4.69) is 8.83 Å². The largest absolute Gasteiger partial charge is 0.479 e. The Kier molecular flexibility index (Phi) is 4.83. The first-order valence-electron chi connectivity index (χ1n) is 3.04. The smallest absolute Gasteiger partial charge is 0.322 e. The van der Waals surface area contributed by atoms with Crippen molar-refractivity contribution in [3.05, 3.63) is 0 Å². The van der Waals surface area contributed by atoms with Crippen molar-refractivity contribution >= 4 is 23.0 Å². The van der Waals surface area contributed by atoms with Gasteiger partial charge in [0.25, 0.3) is 5.65 Å². The zero-order valence-corrected chi connectivity index (χ0v) is 9.81. The predicted molar refractivity (Wildman–Crippen MR) is 44.7 cm³/mol. The van der Waals surface area contributed by atoms with E-state index in [0.29, 0.717) is 7.11 Å². The maximum Gasteiger partial charge on any atom is 0.479 e. The van der Waals surface area contributed by atoms with Gasteiger partial charge >= 0.3 is 23.0 Å². The van der Waals surface area contributed by atoms with Crippen molar-refractivity contribution in [3.8, 4) is 0 Å². The number of halogens is 1. The molecule has 0 heterocycles. The van der Waals surface area contributed by atoms with E-state index in [-0.39, 0.29) is 0 Å². The maximum absolute atomic E-state index is 12.7. The van der Waals surface area contributed by atoms with Crippen molar-refractivity contribution in [2.45, 2.75) is 5.65 Å². The molecule has 3 unspecified atom stereocenters. The lowest BCUT2D eigenvalue weighted by Gasteiger charge is -2.18. The summed E-state index contributed by atoms with van der Waals surface area (Å²) < 4.78 is 51.4. The van der Waals surface area contributed by atoms with Gasteiger partial charge in [0.2, 0.25) is 0 Å². The molecule has 0 bridgehead atoms. The molecule has 0 aromatic rings. The lowest BCUT2D eigenvalue weighted by Crippen LogP contribution is -2.05. The van der Waals surface area contributed by atoms with E-state index in [1.165, 1.54) is 0 Å². The minimum Gasteiger partial charge on any atom is -0.322 e. The average molecular weight is 288 g/mol. The molecular formula is C2H8FO9P3. The van der Waals surface area contributed by atoms with Crippen molar-refractivity contribution in [1.29, 1.82) is 0 Å². The summed E-state index contributed by atoms with van der Waals surface area (Å²) in [6.07, 6.45) is 0. The van der Waals surface area contributed by atoms with Crippen LogP contribution < -0.4 is 0 Å². The zero-order chi connectivity index (χ0) is 12.5. The summed E-state index contributed by atoms with van der Waals surface area (Å²) in [7, 11) is -15.6. The Hall–Kier alpha value is 0.380. The molecule has 13 heteroatoms. The summed E-state index contributed by atoms with van der Waals surface area (Å²) in [6.45, 7) is 0. The molecule has 92 valence electrons. The monoisotopic (exact) mass is 288 g/mol. The molecule has 0 saturated heterocycles. The maximum atomic E-state index is 12.7. The van der Waals surface area contributed by atoms with Gasteiger partial charge in [-0.25, -0.2) is 13.3 Å². The molecule has 0 rings (SSSR count).